The van der Waals surface area contributed by atoms with Crippen LogP contribution in [-0.4, -0.2) is 15.8 Å². The molecule has 0 atom stereocenters. The maximum Gasteiger partial charge on any atom is 0.323 e. The monoisotopic (exact) mass is 378 g/mol. The third-order valence-corrected chi connectivity index (χ3v) is 4.39. The molecule has 25 heavy (non-hydrogen) atoms. The number of anilines is 2. The number of nitrogens with zero attached hydrogens (tertiary/aromatic N) is 1. The quantitative estimate of drug-likeness (QED) is 0.615. The summed E-state index contributed by atoms with van der Waals surface area (Å²) in [5.74, 6) is 0. The molecule has 130 valence electrons. The SMILES string of the molecule is CCCn1[nH]c(=O)c2cc(NC(=O)Nc3ccc(Cl)c(Cl)c3)ccc21. The minimum absolute atomic E-state index is 0.183. The van der Waals surface area contributed by atoms with E-state index in [1.807, 2.05) is 6.92 Å². The number of nitrogens with one attached hydrogen (secondary N) is 3. The van der Waals surface area contributed by atoms with Crippen LogP contribution in [0.3, 0.4) is 0 Å². The second-order valence-electron chi connectivity index (χ2n) is 5.53. The lowest BCUT2D eigenvalue weighted by molar-refractivity contribution is 0.262. The van der Waals surface area contributed by atoms with Crippen molar-refractivity contribution in [2.75, 3.05) is 10.6 Å². The van der Waals surface area contributed by atoms with Gasteiger partial charge in [0.25, 0.3) is 5.56 Å². The van der Waals surface area contributed by atoms with Crippen LogP contribution in [0.4, 0.5) is 16.2 Å². The van der Waals surface area contributed by atoms with Crippen LogP contribution in [0.5, 0.6) is 0 Å². The van der Waals surface area contributed by atoms with Crippen molar-refractivity contribution >= 4 is 51.5 Å². The Morgan fingerprint density at radius 1 is 1.08 bits per heavy atom. The standard InChI is InChI=1S/C17H16Cl2N4O2/c1-2-7-23-15-6-4-10(8-12(15)16(24)22-23)20-17(25)21-11-3-5-13(18)14(19)9-11/h3-6,8-9H,2,7H2,1H3,(H,22,24)(H2,20,21,25). The lowest BCUT2D eigenvalue weighted by atomic mass is 10.2. The maximum atomic E-state index is 12.1. The molecule has 2 aromatic carbocycles. The summed E-state index contributed by atoms with van der Waals surface area (Å²) in [5, 5.41) is 9.44. The Morgan fingerprint density at radius 2 is 1.76 bits per heavy atom. The number of aromatic nitrogens is 2. The summed E-state index contributed by atoms with van der Waals surface area (Å²) in [6.45, 7) is 2.76. The number of carbonyl (C=O) groups is 1. The smallest absolute Gasteiger partial charge is 0.308 e. The van der Waals surface area contributed by atoms with Gasteiger partial charge in [0, 0.05) is 17.9 Å². The van der Waals surface area contributed by atoms with Crippen LogP contribution in [0.25, 0.3) is 10.9 Å². The number of rotatable bonds is 4. The number of aryl methyl sites for hydroxylation is 1. The van der Waals surface area contributed by atoms with Crippen LogP contribution in [-0.2, 0) is 6.54 Å². The maximum absolute atomic E-state index is 12.1. The summed E-state index contributed by atoms with van der Waals surface area (Å²) in [4.78, 5) is 24.2. The molecule has 0 aliphatic rings. The fourth-order valence-corrected chi connectivity index (χ4v) is 2.84. The van der Waals surface area contributed by atoms with E-state index in [1.165, 1.54) is 0 Å². The summed E-state index contributed by atoms with van der Waals surface area (Å²) in [5.41, 5.74) is 1.66. The molecular weight excluding hydrogens is 363 g/mol. The van der Waals surface area contributed by atoms with Gasteiger partial charge in [-0.2, -0.15) is 0 Å². The first-order valence-electron chi connectivity index (χ1n) is 7.73. The highest BCUT2D eigenvalue weighted by molar-refractivity contribution is 6.42. The fourth-order valence-electron chi connectivity index (χ4n) is 2.54. The van der Waals surface area contributed by atoms with Crippen LogP contribution < -0.4 is 16.2 Å². The summed E-state index contributed by atoms with van der Waals surface area (Å²) < 4.78 is 1.80. The minimum Gasteiger partial charge on any atom is -0.308 e. The number of amides is 2. The van der Waals surface area contributed by atoms with Crippen molar-refractivity contribution in [3.05, 3.63) is 56.8 Å². The van der Waals surface area contributed by atoms with Gasteiger partial charge >= 0.3 is 6.03 Å². The molecule has 3 rings (SSSR count). The number of benzene rings is 2. The van der Waals surface area contributed by atoms with Gasteiger partial charge in [-0.1, -0.05) is 30.1 Å². The van der Waals surface area contributed by atoms with Gasteiger partial charge in [-0.05, 0) is 42.8 Å². The van der Waals surface area contributed by atoms with E-state index in [-0.39, 0.29) is 5.56 Å². The summed E-state index contributed by atoms with van der Waals surface area (Å²) >= 11 is 11.8. The highest BCUT2D eigenvalue weighted by Gasteiger charge is 2.09. The molecule has 1 heterocycles. The Kier molecular flexibility index (Phi) is 5.01. The van der Waals surface area contributed by atoms with Crippen molar-refractivity contribution < 1.29 is 4.79 Å². The van der Waals surface area contributed by atoms with Crippen LogP contribution in [0.2, 0.25) is 10.0 Å². The van der Waals surface area contributed by atoms with Crippen molar-refractivity contribution in [3.8, 4) is 0 Å². The number of aromatic amines is 1. The van der Waals surface area contributed by atoms with E-state index < -0.39 is 6.03 Å². The number of carbonyl (C=O) groups excluding carboxylic acids is 1. The van der Waals surface area contributed by atoms with Gasteiger partial charge in [0.15, 0.2) is 0 Å². The molecule has 0 aliphatic heterocycles. The van der Waals surface area contributed by atoms with Gasteiger partial charge in [0.05, 0.1) is 20.9 Å². The van der Waals surface area contributed by atoms with Gasteiger partial charge in [0.1, 0.15) is 0 Å². The lowest BCUT2D eigenvalue weighted by Gasteiger charge is -2.09. The zero-order valence-corrected chi connectivity index (χ0v) is 14.9. The molecule has 0 spiro atoms. The number of halogens is 2. The van der Waals surface area contributed by atoms with Crippen molar-refractivity contribution in [3.63, 3.8) is 0 Å². The second-order valence-corrected chi connectivity index (χ2v) is 6.35. The average molecular weight is 379 g/mol. The molecule has 0 bridgehead atoms. The molecular formula is C17H16Cl2N4O2. The molecule has 0 saturated heterocycles. The van der Waals surface area contributed by atoms with Crippen molar-refractivity contribution in [1.29, 1.82) is 0 Å². The number of hydrogen-bond donors (Lipinski definition) is 3. The van der Waals surface area contributed by atoms with Gasteiger partial charge in [-0.15, -0.1) is 0 Å². The van der Waals surface area contributed by atoms with Gasteiger partial charge in [-0.25, -0.2) is 4.79 Å². The minimum atomic E-state index is -0.442. The topological polar surface area (TPSA) is 78.9 Å². The summed E-state index contributed by atoms with van der Waals surface area (Å²) in [6, 6.07) is 9.56. The molecule has 0 fully saturated rings. The normalized spacial score (nSPS) is 10.8. The molecule has 3 aromatic rings. The number of H-pyrrole nitrogens is 1. The fraction of sp³-hybridized carbons (Fsp3) is 0.176. The Labute approximate surface area is 153 Å². The Hall–Kier alpha value is -2.44. The van der Waals surface area contributed by atoms with E-state index in [4.69, 9.17) is 23.2 Å². The van der Waals surface area contributed by atoms with E-state index in [0.717, 1.165) is 18.5 Å². The molecule has 1 aromatic heterocycles. The zero-order valence-electron chi connectivity index (χ0n) is 13.4. The van der Waals surface area contributed by atoms with E-state index in [0.29, 0.717) is 26.8 Å². The van der Waals surface area contributed by atoms with Crippen molar-refractivity contribution in [1.82, 2.24) is 9.78 Å². The molecule has 8 heteroatoms. The molecule has 3 N–H and O–H groups in total. The Morgan fingerprint density at radius 3 is 2.44 bits per heavy atom. The van der Waals surface area contributed by atoms with Gasteiger partial charge in [0.2, 0.25) is 0 Å². The van der Waals surface area contributed by atoms with Gasteiger partial charge < -0.3 is 10.6 Å². The predicted octanol–water partition coefficient (Wildman–Crippen LogP) is 4.69. The summed E-state index contributed by atoms with van der Waals surface area (Å²) in [7, 11) is 0. The lowest BCUT2D eigenvalue weighted by Crippen LogP contribution is -2.19. The van der Waals surface area contributed by atoms with Gasteiger partial charge in [-0.3, -0.25) is 14.6 Å². The summed E-state index contributed by atoms with van der Waals surface area (Å²) in [6.07, 6.45) is 0.909. The average Bonchev–Trinajstić information content (AvgIpc) is 2.87. The van der Waals surface area contributed by atoms with Crippen molar-refractivity contribution in [2.45, 2.75) is 19.9 Å². The Bertz CT molecular complexity index is 994. The third kappa shape index (κ3) is 3.81. The Balaban J connectivity index is 1.78. The highest BCUT2D eigenvalue weighted by Crippen LogP contribution is 2.25. The van der Waals surface area contributed by atoms with E-state index >= 15 is 0 Å². The van der Waals surface area contributed by atoms with Crippen molar-refractivity contribution in [2.24, 2.45) is 0 Å². The largest absolute Gasteiger partial charge is 0.323 e. The zero-order chi connectivity index (χ0) is 18.0. The number of hydrogen-bond acceptors (Lipinski definition) is 2. The molecule has 0 aliphatic carbocycles. The van der Waals surface area contributed by atoms with E-state index in [1.54, 1.807) is 41.1 Å². The third-order valence-electron chi connectivity index (χ3n) is 3.65. The molecule has 0 saturated carbocycles. The van der Waals surface area contributed by atoms with Crippen LogP contribution in [0.15, 0.2) is 41.2 Å². The molecule has 2 amide bonds. The first-order chi connectivity index (χ1) is 12.0. The highest BCUT2D eigenvalue weighted by atomic mass is 35.5. The first-order valence-corrected chi connectivity index (χ1v) is 8.49. The molecule has 6 nitrogen and oxygen atoms in total. The predicted molar refractivity (Wildman–Crippen MR) is 102 cm³/mol. The van der Waals surface area contributed by atoms with Crippen LogP contribution >= 0.6 is 23.2 Å². The molecule has 0 radical (unpaired) electrons. The van der Waals surface area contributed by atoms with Crippen LogP contribution in [0, 0.1) is 0 Å². The van der Waals surface area contributed by atoms with E-state index in [2.05, 4.69) is 15.7 Å². The molecule has 0 unspecified atom stereocenters. The van der Waals surface area contributed by atoms with Crippen LogP contribution in [0.1, 0.15) is 13.3 Å². The second kappa shape index (κ2) is 7.21. The van der Waals surface area contributed by atoms with E-state index in [9.17, 15) is 9.59 Å². The number of fused-ring (bicyclic) bond motifs is 1. The number of urea groups is 1. The first kappa shape index (κ1) is 17.4.